The minimum absolute atomic E-state index is 0.00954. The summed E-state index contributed by atoms with van der Waals surface area (Å²) in [7, 11) is 0. The minimum atomic E-state index is -1.16. The van der Waals surface area contributed by atoms with Gasteiger partial charge in [0.05, 0.1) is 12.7 Å². The van der Waals surface area contributed by atoms with Gasteiger partial charge in [0.2, 0.25) is 5.95 Å². The van der Waals surface area contributed by atoms with Gasteiger partial charge < -0.3 is 43.8 Å². The number of amides is 3. The Labute approximate surface area is 468 Å². The zero-order valence-corrected chi connectivity index (χ0v) is 43.6. The van der Waals surface area contributed by atoms with Crippen molar-refractivity contribution in [3.8, 4) is 0 Å². The van der Waals surface area contributed by atoms with E-state index in [1.165, 1.54) is 53.5 Å². The molecule has 0 radical (unpaired) electrons. The number of H-pyrrole nitrogens is 2. The lowest BCUT2D eigenvalue weighted by molar-refractivity contribution is -0.138. The maximum Gasteiger partial charge on any atom is 0.414 e. The summed E-state index contributed by atoms with van der Waals surface area (Å²) in [5.41, 5.74) is 0.819. The highest BCUT2D eigenvalue weighted by Crippen LogP contribution is 2.18. The van der Waals surface area contributed by atoms with Crippen LogP contribution in [0.4, 0.5) is 32.0 Å². The van der Waals surface area contributed by atoms with E-state index in [-0.39, 0.29) is 60.6 Å². The van der Waals surface area contributed by atoms with Crippen molar-refractivity contribution in [2.24, 2.45) is 0 Å². The zero-order chi connectivity index (χ0) is 60.7. The molecule has 0 aliphatic rings. The molecular weight excluding hydrogens is 1110 g/mol. The molecule has 0 aliphatic heterocycles. The first-order chi connectivity index (χ1) is 40.2. The Morgan fingerprint density at radius 3 is 1.48 bits per heavy atom. The van der Waals surface area contributed by atoms with Crippen molar-refractivity contribution in [1.82, 2.24) is 58.1 Å². The summed E-state index contributed by atoms with van der Waals surface area (Å²) in [6, 6.07) is 28.7. The summed E-state index contributed by atoms with van der Waals surface area (Å²) in [5, 5.41) is 41.8. The molecule has 0 saturated carbocycles. The number of carbonyl (C=O) groups is 7. The Balaban J connectivity index is 0.000000184. The monoisotopic (exact) mass is 1160 g/mol. The fraction of sp³-hybridized carbons (Fsp3) is 0.157. The average molecular weight is 1160 g/mol. The number of aliphatic carboxylic acids is 4. The van der Waals surface area contributed by atoms with E-state index in [0.29, 0.717) is 11.2 Å². The third-order valence-corrected chi connectivity index (χ3v) is 10.5. The number of aromatic amines is 2. The van der Waals surface area contributed by atoms with E-state index in [0.717, 1.165) is 25.8 Å². The molecule has 434 valence electrons. The molecule has 0 aliphatic carbocycles. The smallest absolute Gasteiger partial charge is 0.414 e. The lowest BCUT2D eigenvalue weighted by atomic mass is 10.2. The van der Waals surface area contributed by atoms with Crippen molar-refractivity contribution >= 4 is 82.1 Å². The highest BCUT2D eigenvalue weighted by atomic mass is 16.6. The number of ether oxygens (including phenoxy) is 3. The lowest BCUT2D eigenvalue weighted by Gasteiger charge is -2.07. The largest absolute Gasteiger partial charge is 0.480 e. The predicted molar refractivity (Wildman–Crippen MR) is 289 cm³/mol. The van der Waals surface area contributed by atoms with Gasteiger partial charge in [-0.2, -0.15) is 9.97 Å². The number of anilines is 3. The number of nitrogens with one attached hydrogen (secondary N) is 5. The Kier molecular flexibility index (Phi) is 21.6. The van der Waals surface area contributed by atoms with Gasteiger partial charge in [-0.05, 0) is 29.7 Å². The second-order valence-electron chi connectivity index (χ2n) is 16.8. The molecule has 3 aromatic carbocycles. The van der Waals surface area contributed by atoms with Gasteiger partial charge in [-0.1, -0.05) is 91.0 Å². The van der Waals surface area contributed by atoms with E-state index in [4.69, 9.17) is 34.6 Å². The SMILES string of the molecule is Cc1cn(CC(=O)O)c(=O)[nH]c1=O.O=C(O)Cn1ccc(NC(=O)OCc2ccccc2)nc1=O.O=C(O)Cn1cnc2c(=O)[nH]c(NC(=O)OCc3ccccc3)nc21.O=C(O)Cn1cnc2c(NC(=O)OCc3ccccc3)ncnc21. The highest BCUT2D eigenvalue weighted by Gasteiger charge is 2.17. The van der Waals surface area contributed by atoms with Crippen LogP contribution in [0.25, 0.3) is 22.3 Å². The molecule has 6 aromatic heterocycles. The second-order valence-corrected chi connectivity index (χ2v) is 16.8. The van der Waals surface area contributed by atoms with Crippen molar-refractivity contribution < 1.29 is 68.2 Å². The molecule has 9 rings (SSSR count). The van der Waals surface area contributed by atoms with Gasteiger partial charge in [0.15, 0.2) is 28.1 Å². The number of imidazole rings is 2. The van der Waals surface area contributed by atoms with Gasteiger partial charge in [-0.15, -0.1) is 0 Å². The second kappa shape index (κ2) is 29.7. The molecule has 33 nitrogen and oxygen atoms in total. The number of hydrogen-bond donors (Lipinski definition) is 9. The number of fused-ring (bicyclic) bond motifs is 2. The quantitative estimate of drug-likeness (QED) is 0.0592. The zero-order valence-electron chi connectivity index (χ0n) is 43.6. The molecule has 0 atom stereocenters. The van der Waals surface area contributed by atoms with Crippen molar-refractivity contribution in [1.29, 1.82) is 0 Å². The van der Waals surface area contributed by atoms with Crippen LogP contribution in [0.15, 0.2) is 148 Å². The van der Waals surface area contributed by atoms with E-state index >= 15 is 0 Å². The van der Waals surface area contributed by atoms with Crippen LogP contribution in [-0.4, -0.2) is 121 Å². The topological polar surface area (TPSA) is 461 Å². The molecule has 9 aromatic rings. The molecule has 0 unspecified atom stereocenters. The number of carboxylic acid groups (broad SMARTS) is 4. The standard InChI is InChI=1S/C15H13N5O5.C15H13N5O4.C14H13N3O5.C7H8N2O4/c21-10(22)6-20-8-16-11-12(20)17-14(18-13(11)23)19-15(24)25-7-9-4-2-1-3-5-9;21-11(22)6-20-9-18-12-13(16-8-17-14(12)20)19-15(23)24-7-10-4-2-1-3-5-10;18-12(19)8-17-7-6-11(15-13(17)20)16-14(21)22-9-10-4-2-1-3-5-10;1-4-2-9(3-5(10)11)7(13)8-6(4)12/h1-5,8H,6-7H2,(H,21,22)(H2,17,18,19,23,24);1-5,8-9H,6-7H2,(H,21,22)(H,16,17,19,23);1-7H,8-9H2,(H,18,19)(H,15,16,20,21);2H,3H2,1H3,(H,10,11)(H,8,12,13). The van der Waals surface area contributed by atoms with Gasteiger partial charge >= 0.3 is 53.5 Å². The maximum absolute atomic E-state index is 11.9. The van der Waals surface area contributed by atoms with E-state index in [9.17, 15) is 52.7 Å². The van der Waals surface area contributed by atoms with E-state index in [1.807, 2.05) is 71.7 Å². The predicted octanol–water partition coefficient (Wildman–Crippen LogP) is 2.62. The van der Waals surface area contributed by atoms with Crippen LogP contribution in [0.5, 0.6) is 0 Å². The molecule has 0 fully saturated rings. The van der Waals surface area contributed by atoms with Crippen LogP contribution in [-0.2, 0) is 79.4 Å². The first-order valence-electron chi connectivity index (χ1n) is 24.0. The van der Waals surface area contributed by atoms with Crippen LogP contribution in [0.2, 0.25) is 0 Å². The van der Waals surface area contributed by atoms with E-state index < -0.39 is 84.3 Å². The first-order valence-corrected chi connectivity index (χ1v) is 24.0. The summed E-state index contributed by atoms with van der Waals surface area (Å²) in [6.45, 7) is 0.112. The number of aryl methyl sites for hydroxylation is 1. The normalized spacial score (nSPS) is 10.3. The Hall–Kier alpha value is -12.2. The third kappa shape index (κ3) is 19.0. The molecule has 84 heavy (non-hydrogen) atoms. The van der Waals surface area contributed by atoms with Crippen LogP contribution in [0, 0.1) is 6.92 Å². The number of carbonyl (C=O) groups excluding carboxylic acids is 3. The van der Waals surface area contributed by atoms with Crippen molar-refractivity contribution in [3.63, 3.8) is 0 Å². The molecule has 33 heteroatoms. The highest BCUT2D eigenvalue weighted by molar-refractivity contribution is 5.93. The van der Waals surface area contributed by atoms with Gasteiger partial charge in [-0.3, -0.25) is 63.8 Å². The van der Waals surface area contributed by atoms with Gasteiger partial charge in [0, 0.05) is 18.0 Å². The van der Waals surface area contributed by atoms with E-state index in [1.54, 1.807) is 24.3 Å². The first kappa shape index (κ1) is 61.0. The molecule has 0 saturated heterocycles. The summed E-state index contributed by atoms with van der Waals surface area (Å²) in [5.74, 6) is -4.45. The molecule has 0 bridgehead atoms. The molecule has 0 spiro atoms. The number of carboxylic acids is 4. The summed E-state index contributed by atoms with van der Waals surface area (Å²) in [4.78, 5) is 151. The number of aromatic nitrogens is 12. The minimum Gasteiger partial charge on any atom is -0.480 e. The number of nitrogens with zero attached hydrogens (tertiary/aromatic N) is 10. The maximum atomic E-state index is 11.9. The van der Waals surface area contributed by atoms with Crippen LogP contribution < -0.4 is 38.4 Å². The molecule has 6 heterocycles. The molecular formula is C51H47N15O18. The fourth-order valence-corrected chi connectivity index (χ4v) is 6.73. The average Bonchev–Trinajstić information content (AvgIpc) is 3.35. The summed E-state index contributed by atoms with van der Waals surface area (Å²) < 4.78 is 19.5. The lowest BCUT2D eigenvalue weighted by Crippen LogP contribution is -2.32. The van der Waals surface area contributed by atoms with Crippen LogP contribution >= 0.6 is 0 Å². The van der Waals surface area contributed by atoms with Crippen molar-refractivity contribution in [3.05, 3.63) is 192 Å². The van der Waals surface area contributed by atoms with Gasteiger partial charge in [0.25, 0.3) is 11.1 Å². The summed E-state index contributed by atoms with van der Waals surface area (Å²) in [6.07, 6.45) is 3.93. The van der Waals surface area contributed by atoms with Crippen LogP contribution in [0.1, 0.15) is 22.3 Å². The Morgan fingerprint density at radius 2 is 0.964 bits per heavy atom. The van der Waals surface area contributed by atoms with E-state index in [2.05, 4.69) is 50.8 Å². The third-order valence-electron chi connectivity index (χ3n) is 10.5. The number of hydrogen-bond acceptors (Lipinski definition) is 20. The van der Waals surface area contributed by atoms with Crippen molar-refractivity contribution in [2.75, 3.05) is 16.0 Å². The van der Waals surface area contributed by atoms with Crippen molar-refractivity contribution in [2.45, 2.75) is 52.9 Å². The molecule has 3 amide bonds. The number of rotatable bonds is 17. The number of benzene rings is 3. The van der Waals surface area contributed by atoms with Gasteiger partial charge in [-0.25, -0.2) is 43.9 Å². The Morgan fingerprint density at radius 1 is 0.500 bits per heavy atom. The fourth-order valence-electron chi connectivity index (χ4n) is 6.73. The summed E-state index contributed by atoms with van der Waals surface area (Å²) >= 11 is 0. The van der Waals surface area contributed by atoms with Crippen LogP contribution in [0.3, 0.4) is 0 Å². The Bertz CT molecular complexity index is 4050. The van der Waals surface area contributed by atoms with Gasteiger partial charge in [0.1, 0.15) is 58.1 Å². The molecule has 9 N–H and O–H groups in total.